The number of rotatable bonds is 2. The van der Waals surface area contributed by atoms with Crippen LogP contribution in [0.1, 0.15) is 15.2 Å². The topological polar surface area (TPSA) is 17.1 Å². The van der Waals surface area contributed by atoms with Gasteiger partial charge in [0.05, 0.1) is 0 Å². The Labute approximate surface area is 97.3 Å². The Bertz CT molecular complexity index is 488. The summed E-state index contributed by atoms with van der Waals surface area (Å²) in [7, 11) is 0. The van der Waals surface area contributed by atoms with Gasteiger partial charge >= 0.3 is 0 Å². The van der Waals surface area contributed by atoms with Crippen LogP contribution in [-0.4, -0.2) is 5.24 Å². The maximum Gasteiger partial charge on any atom is 0.253 e. The molecule has 1 heterocycles. The van der Waals surface area contributed by atoms with Gasteiger partial charge in [-0.2, -0.15) is 0 Å². The first-order valence-electron chi connectivity index (χ1n) is 4.54. The summed E-state index contributed by atoms with van der Waals surface area (Å²) in [5.74, 6) is 0. The Hall–Kier alpha value is -1.12. The molecular formula is C12H9ClOS. The first kappa shape index (κ1) is 10.4. The van der Waals surface area contributed by atoms with Crippen LogP contribution in [0.15, 0.2) is 36.4 Å². The third-order valence-corrected chi connectivity index (χ3v) is 3.49. The van der Waals surface area contributed by atoms with E-state index in [1.54, 1.807) is 11.3 Å². The smallest absolute Gasteiger partial charge is 0.253 e. The molecule has 0 fully saturated rings. The Morgan fingerprint density at radius 1 is 1.27 bits per heavy atom. The lowest BCUT2D eigenvalue weighted by molar-refractivity contribution is 0.108. The molecule has 0 N–H and O–H groups in total. The largest absolute Gasteiger partial charge is 0.276 e. The van der Waals surface area contributed by atoms with Crippen molar-refractivity contribution in [2.75, 3.05) is 0 Å². The van der Waals surface area contributed by atoms with Crippen molar-refractivity contribution in [3.63, 3.8) is 0 Å². The zero-order valence-electron chi connectivity index (χ0n) is 8.16. The average molecular weight is 237 g/mol. The standard InChI is InChI=1S/C12H9ClOS/c1-8-10(12(13)14)7-11(15-8)9-5-3-2-4-6-9/h2-7H,1H3. The van der Waals surface area contributed by atoms with Crippen molar-refractivity contribution in [3.8, 4) is 10.4 Å². The van der Waals surface area contributed by atoms with Crippen LogP contribution in [0.3, 0.4) is 0 Å². The van der Waals surface area contributed by atoms with Gasteiger partial charge in [-0.15, -0.1) is 11.3 Å². The molecule has 1 nitrogen and oxygen atoms in total. The van der Waals surface area contributed by atoms with Crippen LogP contribution < -0.4 is 0 Å². The monoisotopic (exact) mass is 236 g/mol. The van der Waals surface area contributed by atoms with Gasteiger partial charge in [0.1, 0.15) is 0 Å². The Morgan fingerprint density at radius 3 is 2.47 bits per heavy atom. The molecular weight excluding hydrogens is 228 g/mol. The first-order valence-corrected chi connectivity index (χ1v) is 5.73. The van der Waals surface area contributed by atoms with Crippen molar-refractivity contribution in [1.82, 2.24) is 0 Å². The molecule has 0 saturated carbocycles. The van der Waals surface area contributed by atoms with E-state index < -0.39 is 0 Å². The molecule has 0 amide bonds. The molecule has 0 aliphatic heterocycles. The highest BCUT2D eigenvalue weighted by molar-refractivity contribution is 7.16. The van der Waals surface area contributed by atoms with E-state index >= 15 is 0 Å². The van der Waals surface area contributed by atoms with Crippen molar-refractivity contribution in [2.45, 2.75) is 6.92 Å². The van der Waals surface area contributed by atoms with Gasteiger partial charge in [0, 0.05) is 15.3 Å². The van der Waals surface area contributed by atoms with Gasteiger partial charge < -0.3 is 0 Å². The van der Waals surface area contributed by atoms with E-state index in [2.05, 4.69) is 0 Å². The fourth-order valence-electron chi connectivity index (χ4n) is 1.42. The highest BCUT2D eigenvalue weighted by Crippen LogP contribution is 2.31. The lowest BCUT2D eigenvalue weighted by Gasteiger charge is -1.93. The number of hydrogen-bond acceptors (Lipinski definition) is 2. The Morgan fingerprint density at radius 2 is 1.93 bits per heavy atom. The van der Waals surface area contributed by atoms with E-state index in [9.17, 15) is 4.79 Å². The molecule has 3 heteroatoms. The average Bonchev–Trinajstić information content (AvgIpc) is 2.62. The molecule has 2 rings (SSSR count). The summed E-state index contributed by atoms with van der Waals surface area (Å²) in [6, 6.07) is 11.8. The van der Waals surface area contributed by atoms with E-state index in [1.165, 1.54) is 0 Å². The van der Waals surface area contributed by atoms with Gasteiger partial charge in [-0.25, -0.2) is 0 Å². The second kappa shape index (κ2) is 4.17. The van der Waals surface area contributed by atoms with Crippen molar-refractivity contribution in [2.24, 2.45) is 0 Å². The molecule has 0 spiro atoms. The molecule has 0 saturated heterocycles. The number of benzene rings is 1. The van der Waals surface area contributed by atoms with E-state index in [0.29, 0.717) is 5.56 Å². The summed E-state index contributed by atoms with van der Waals surface area (Å²) in [6.07, 6.45) is 0. The van der Waals surface area contributed by atoms with Crippen molar-refractivity contribution in [1.29, 1.82) is 0 Å². The summed E-state index contributed by atoms with van der Waals surface area (Å²) in [6.45, 7) is 1.91. The predicted molar refractivity (Wildman–Crippen MR) is 64.7 cm³/mol. The second-order valence-electron chi connectivity index (χ2n) is 3.22. The van der Waals surface area contributed by atoms with Crippen LogP contribution in [0.2, 0.25) is 0 Å². The molecule has 1 aromatic carbocycles. The van der Waals surface area contributed by atoms with E-state index in [-0.39, 0.29) is 5.24 Å². The minimum Gasteiger partial charge on any atom is -0.276 e. The van der Waals surface area contributed by atoms with Gasteiger partial charge in [-0.1, -0.05) is 30.3 Å². The van der Waals surface area contributed by atoms with Crippen LogP contribution in [0.25, 0.3) is 10.4 Å². The Balaban J connectivity index is 2.48. The Kier molecular flexibility index (Phi) is 2.89. The van der Waals surface area contributed by atoms with Gasteiger partial charge in [0.25, 0.3) is 5.24 Å². The zero-order valence-corrected chi connectivity index (χ0v) is 9.73. The predicted octanol–water partition coefficient (Wildman–Crippen LogP) is 4.10. The third-order valence-electron chi connectivity index (χ3n) is 2.19. The maximum absolute atomic E-state index is 11.1. The summed E-state index contributed by atoms with van der Waals surface area (Å²) in [4.78, 5) is 13.1. The first-order chi connectivity index (χ1) is 7.18. The van der Waals surface area contributed by atoms with Gasteiger partial charge in [-0.3, -0.25) is 4.79 Å². The molecule has 0 atom stereocenters. The van der Waals surface area contributed by atoms with Crippen LogP contribution in [0.5, 0.6) is 0 Å². The fourth-order valence-corrected chi connectivity index (χ4v) is 2.70. The number of carbonyl (C=O) groups is 1. The molecule has 0 radical (unpaired) electrons. The number of carbonyl (C=O) groups excluding carboxylic acids is 1. The van der Waals surface area contributed by atoms with Crippen molar-refractivity contribution < 1.29 is 4.79 Å². The number of aryl methyl sites for hydroxylation is 1. The van der Waals surface area contributed by atoms with Crippen LogP contribution in [0, 0.1) is 6.92 Å². The second-order valence-corrected chi connectivity index (χ2v) is 4.82. The lowest BCUT2D eigenvalue weighted by Crippen LogP contribution is -1.85. The van der Waals surface area contributed by atoms with Crippen LogP contribution in [0.4, 0.5) is 0 Å². The number of thiophene rings is 1. The van der Waals surface area contributed by atoms with Crippen molar-refractivity contribution in [3.05, 3.63) is 46.8 Å². The lowest BCUT2D eigenvalue weighted by atomic mass is 10.1. The highest BCUT2D eigenvalue weighted by Gasteiger charge is 2.11. The summed E-state index contributed by atoms with van der Waals surface area (Å²) >= 11 is 7.07. The van der Waals surface area contributed by atoms with E-state index in [0.717, 1.165) is 15.3 Å². The fraction of sp³-hybridized carbons (Fsp3) is 0.0833. The quantitative estimate of drug-likeness (QED) is 0.718. The van der Waals surface area contributed by atoms with Gasteiger partial charge in [-0.05, 0) is 30.2 Å². The third kappa shape index (κ3) is 2.11. The minimum atomic E-state index is -0.383. The van der Waals surface area contributed by atoms with Gasteiger partial charge in [0.15, 0.2) is 0 Å². The molecule has 0 unspecified atom stereocenters. The maximum atomic E-state index is 11.1. The van der Waals surface area contributed by atoms with Crippen molar-refractivity contribution >= 4 is 28.2 Å². The summed E-state index contributed by atoms with van der Waals surface area (Å²) in [5, 5.41) is -0.383. The summed E-state index contributed by atoms with van der Waals surface area (Å²) < 4.78 is 0. The molecule has 1 aromatic heterocycles. The molecule has 76 valence electrons. The molecule has 2 aromatic rings. The summed E-state index contributed by atoms with van der Waals surface area (Å²) in [5.41, 5.74) is 1.73. The van der Waals surface area contributed by atoms with Crippen LogP contribution in [-0.2, 0) is 0 Å². The molecule has 0 aliphatic carbocycles. The zero-order chi connectivity index (χ0) is 10.8. The molecule has 0 bridgehead atoms. The normalized spacial score (nSPS) is 10.3. The number of hydrogen-bond donors (Lipinski definition) is 0. The highest BCUT2D eigenvalue weighted by atomic mass is 35.5. The number of halogens is 1. The molecule has 0 aliphatic rings. The SMILES string of the molecule is Cc1sc(-c2ccccc2)cc1C(=O)Cl. The van der Waals surface area contributed by atoms with E-state index in [1.807, 2.05) is 43.3 Å². The minimum absolute atomic E-state index is 0.383. The van der Waals surface area contributed by atoms with Gasteiger partial charge in [0.2, 0.25) is 0 Å². The molecule has 15 heavy (non-hydrogen) atoms. The van der Waals surface area contributed by atoms with Crippen LogP contribution >= 0.6 is 22.9 Å². The van der Waals surface area contributed by atoms with E-state index in [4.69, 9.17) is 11.6 Å².